The Labute approximate surface area is 94.4 Å². The zero-order chi connectivity index (χ0) is 11.2. The molecular weight excluding hydrogens is 184 g/mol. The fourth-order valence-electron chi connectivity index (χ4n) is 3.97. The van der Waals surface area contributed by atoms with Crippen LogP contribution in [-0.4, -0.2) is 24.6 Å². The summed E-state index contributed by atoms with van der Waals surface area (Å²) in [7, 11) is 2.22. The lowest BCUT2D eigenvalue weighted by Crippen LogP contribution is -2.49. The third-order valence-electron chi connectivity index (χ3n) is 4.51. The largest absolute Gasteiger partial charge is 0.255 e. The molecule has 0 amide bonds. The van der Waals surface area contributed by atoms with E-state index in [9.17, 15) is 0 Å². The van der Waals surface area contributed by atoms with E-state index in [1.807, 2.05) is 0 Å². The molecule has 2 aliphatic rings. The van der Waals surface area contributed by atoms with Gasteiger partial charge in [0.25, 0.3) is 0 Å². The summed E-state index contributed by atoms with van der Waals surface area (Å²) in [5.74, 6) is 2.58. The average molecular weight is 210 g/mol. The molecule has 2 rings (SSSR count). The Hall–Kier alpha value is -0.0800. The third kappa shape index (κ3) is 1.94. The molecule has 15 heavy (non-hydrogen) atoms. The van der Waals surface area contributed by atoms with Crippen LogP contribution in [0.5, 0.6) is 0 Å². The number of hydrogen-bond acceptors (Lipinski definition) is 2. The minimum atomic E-state index is 0.434. The zero-order valence-corrected chi connectivity index (χ0v) is 10.9. The van der Waals surface area contributed by atoms with Crippen LogP contribution in [-0.2, 0) is 0 Å². The van der Waals surface area contributed by atoms with Gasteiger partial charge in [0.05, 0.1) is 0 Å². The molecular formula is C13H26N2. The first-order valence-corrected chi connectivity index (χ1v) is 6.37. The summed E-state index contributed by atoms with van der Waals surface area (Å²) in [6.45, 7) is 10.9. The molecule has 2 fully saturated rings. The summed E-state index contributed by atoms with van der Waals surface area (Å²) >= 11 is 0. The number of fused-ring (bicyclic) bond motifs is 1. The number of hydrazine groups is 1. The first-order valence-electron chi connectivity index (χ1n) is 6.37. The van der Waals surface area contributed by atoms with Crippen LogP contribution < -0.4 is 5.43 Å². The number of nitrogens with one attached hydrogen (secondary N) is 1. The predicted octanol–water partition coefficient (Wildman–Crippen LogP) is 2.51. The highest BCUT2D eigenvalue weighted by Crippen LogP contribution is 2.46. The van der Waals surface area contributed by atoms with E-state index in [1.165, 1.54) is 19.4 Å². The maximum atomic E-state index is 3.52. The molecule has 0 radical (unpaired) electrons. The average Bonchev–Trinajstić information content (AvgIpc) is 2.46. The highest BCUT2D eigenvalue weighted by molar-refractivity contribution is 4.98. The van der Waals surface area contributed by atoms with Gasteiger partial charge in [-0.05, 0) is 36.0 Å². The van der Waals surface area contributed by atoms with Crippen LogP contribution in [0.1, 0.15) is 40.5 Å². The first kappa shape index (κ1) is 11.4. The molecule has 1 saturated heterocycles. The quantitative estimate of drug-likeness (QED) is 0.661. The summed E-state index contributed by atoms with van der Waals surface area (Å²) in [5, 5.41) is 2.39. The van der Waals surface area contributed by atoms with E-state index in [-0.39, 0.29) is 0 Å². The second kappa shape index (κ2) is 3.74. The summed E-state index contributed by atoms with van der Waals surface area (Å²) in [5.41, 5.74) is 3.95. The van der Waals surface area contributed by atoms with E-state index < -0.39 is 0 Å². The van der Waals surface area contributed by atoms with Gasteiger partial charge in [0.1, 0.15) is 0 Å². The molecule has 1 heterocycles. The fraction of sp³-hybridized carbons (Fsp3) is 1.00. The van der Waals surface area contributed by atoms with Crippen LogP contribution >= 0.6 is 0 Å². The maximum absolute atomic E-state index is 3.52. The molecule has 0 aromatic heterocycles. The van der Waals surface area contributed by atoms with Crippen molar-refractivity contribution in [3.63, 3.8) is 0 Å². The Morgan fingerprint density at radius 1 is 1.20 bits per heavy atom. The molecule has 1 saturated carbocycles. The lowest BCUT2D eigenvalue weighted by atomic mass is 9.62. The molecule has 4 atom stereocenters. The van der Waals surface area contributed by atoms with E-state index in [2.05, 4.69) is 45.2 Å². The lowest BCUT2D eigenvalue weighted by Gasteiger charge is -2.47. The number of rotatable bonds is 0. The van der Waals surface area contributed by atoms with Gasteiger partial charge < -0.3 is 0 Å². The van der Waals surface area contributed by atoms with Gasteiger partial charge in [0.2, 0.25) is 0 Å². The topological polar surface area (TPSA) is 15.3 Å². The van der Waals surface area contributed by atoms with Crippen LogP contribution in [0.3, 0.4) is 0 Å². The normalized spacial score (nSPS) is 43.0. The Morgan fingerprint density at radius 2 is 1.87 bits per heavy atom. The van der Waals surface area contributed by atoms with Crippen molar-refractivity contribution in [1.82, 2.24) is 10.4 Å². The smallest absolute Gasteiger partial charge is 0.0317 e. The molecule has 0 aromatic rings. The van der Waals surface area contributed by atoms with Crippen LogP contribution in [0.15, 0.2) is 0 Å². The minimum Gasteiger partial charge on any atom is -0.255 e. The molecule has 1 aliphatic heterocycles. The van der Waals surface area contributed by atoms with Gasteiger partial charge in [0.15, 0.2) is 0 Å². The fourth-order valence-corrected chi connectivity index (χ4v) is 3.97. The molecule has 1 aliphatic carbocycles. The summed E-state index contributed by atoms with van der Waals surface area (Å²) in [6.07, 6.45) is 2.83. The number of hydrogen-bond donors (Lipinski definition) is 1. The Bertz CT molecular complexity index is 231. The van der Waals surface area contributed by atoms with Crippen molar-refractivity contribution in [2.24, 2.45) is 23.2 Å². The van der Waals surface area contributed by atoms with Gasteiger partial charge in [-0.15, -0.1) is 0 Å². The van der Waals surface area contributed by atoms with E-state index in [0.29, 0.717) is 5.41 Å². The summed E-state index contributed by atoms with van der Waals surface area (Å²) in [6, 6.07) is 0.758. The van der Waals surface area contributed by atoms with Gasteiger partial charge in [-0.1, -0.05) is 27.7 Å². The van der Waals surface area contributed by atoms with Gasteiger partial charge >= 0.3 is 0 Å². The van der Waals surface area contributed by atoms with Crippen molar-refractivity contribution in [2.75, 3.05) is 13.6 Å². The Kier molecular flexibility index (Phi) is 2.85. The highest BCUT2D eigenvalue weighted by Gasteiger charge is 2.47. The van der Waals surface area contributed by atoms with E-state index in [4.69, 9.17) is 0 Å². The summed E-state index contributed by atoms with van der Waals surface area (Å²) in [4.78, 5) is 0. The third-order valence-corrected chi connectivity index (χ3v) is 4.51. The number of nitrogens with zero attached hydrogens (tertiary/aromatic N) is 1. The monoisotopic (exact) mass is 210 g/mol. The van der Waals surface area contributed by atoms with Crippen molar-refractivity contribution in [1.29, 1.82) is 0 Å². The predicted molar refractivity (Wildman–Crippen MR) is 64.4 cm³/mol. The van der Waals surface area contributed by atoms with Crippen LogP contribution in [0.4, 0.5) is 0 Å². The van der Waals surface area contributed by atoms with E-state index in [1.54, 1.807) is 0 Å². The molecule has 1 N–H and O–H groups in total. The summed E-state index contributed by atoms with van der Waals surface area (Å²) < 4.78 is 0. The van der Waals surface area contributed by atoms with Crippen molar-refractivity contribution < 1.29 is 0 Å². The Balaban J connectivity index is 2.24. The molecule has 2 nitrogen and oxygen atoms in total. The lowest BCUT2D eigenvalue weighted by molar-refractivity contribution is 0.0106. The maximum Gasteiger partial charge on any atom is 0.0317 e. The van der Waals surface area contributed by atoms with E-state index in [0.717, 1.165) is 23.8 Å². The standard InChI is InChI=1S/C13H26N2/c1-9-6-7-10-8-14-15(5)12(10)11(9)13(2,3)4/h9-12,14H,6-8H2,1-5H3. The second-order valence-electron chi connectivity index (χ2n) is 6.67. The van der Waals surface area contributed by atoms with Crippen molar-refractivity contribution in [2.45, 2.75) is 46.6 Å². The molecule has 0 spiro atoms. The molecule has 0 aromatic carbocycles. The zero-order valence-electron chi connectivity index (χ0n) is 10.9. The van der Waals surface area contributed by atoms with Crippen LogP contribution in [0, 0.1) is 23.2 Å². The minimum absolute atomic E-state index is 0.434. The first-order chi connectivity index (χ1) is 6.91. The van der Waals surface area contributed by atoms with Crippen molar-refractivity contribution >= 4 is 0 Å². The van der Waals surface area contributed by atoms with E-state index >= 15 is 0 Å². The van der Waals surface area contributed by atoms with Crippen molar-refractivity contribution in [3.8, 4) is 0 Å². The molecule has 4 unspecified atom stereocenters. The molecule has 88 valence electrons. The molecule has 2 heteroatoms. The van der Waals surface area contributed by atoms with Gasteiger partial charge in [-0.25, -0.2) is 5.01 Å². The van der Waals surface area contributed by atoms with Crippen LogP contribution in [0.25, 0.3) is 0 Å². The van der Waals surface area contributed by atoms with Gasteiger partial charge in [-0.2, -0.15) is 0 Å². The van der Waals surface area contributed by atoms with Gasteiger partial charge in [-0.3, -0.25) is 5.43 Å². The van der Waals surface area contributed by atoms with Gasteiger partial charge in [0, 0.05) is 19.6 Å². The highest BCUT2D eigenvalue weighted by atomic mass is 15.5. The second-order valence-corrected chi connectivity index (χ2v) is 6.67. The SMILES string of the molecule is CC1CCC2CNN(C)C2C1C(C)(C)C. The molecule has 0 bridgehead atoms. The Morgan fingerprint density at radius 3 is 2.47 bits per heavy atom. The van der Waals surface area contributed by atoms with Crippen molar-refractivity contribution in [3.05, 3.63) is 0 Å². The van der Waals surface area contributed by atoms with Crippen LogP contribution in [0.2, 0.25) is 0 Å².